The molecule has 3 rings (SSSR count). The Kier molecular flexibility index (Phi) is 4.41. The number of methoxy groups -OCH3 is 1. The van der Waals surface area contributed by atoms with E-state index in [2.05, 4.69) is 10.4 Å². The quantitative estimate of drug-likeness (QED) is 0.778. The Balaban J connectivity index is 2.01. The Morgan fingerprint density at radius 3 is 2.72 bits per heavy atom. The lowest BCUT2D eigenvalue weighted by atomic mass is 10.2. The Labute approximate surface area is 146 Å². The Morgan fingerprint density at radius 2 is 2.04 bits per heavy atom. The van der Waals surface area contributed by atoms with Crippen LogP contribution in [0.25, 0.3) is 10.9 Å². The number of hydrogen-bond donors (Lipinski definition) is 1. The number of carbonyl (C=O) groups is 1. The molecule has 0 aliphatic carbocycles. The van der Waals surface area contributed by atoms with Crippen LogP contribution >= 0.6 is 11.6 Å². The maximum atomic E-state index is 13.4. The highest BCUT2D eigenvalue weighted by Gasteiger charge is 2.17. The summed E-state index contributed by atoms with van der Waals surface area (Å²) < 4.78 is 19.8. The molecule has 0 aliphatic heterocycles. The zero-order valence-electron chi connectivity index (χ0n) is 13.3. The number of ether oxygens (including phenoxy) is 1. The predicted octanol–water partition coefficient (Wildman–Crippen LogP) is 2.99. The van der Waals surface area contributed by atoms with Gasteiger partial charge in [0.1, 0.15) is 11.6 Å². The molecular weight excluding hydrogens is 349 g/mol. The van der Waals surface area contributed by atoms with Crippen molar-refractivity contribution >= 4 is 34.1 Å². The van der Waals surface area contributed by atoms with Crippen LogP contribution in [0, 0.1) is 5.82 Å². The van der Waals surface area contributed by atoms with E-state index < -0.39 is 17.2 Å². The first kappa shape index (κ1) is 16.9. The topological polar surface area (TPSA) is 73.2 Å². The van der Waals surface area contributed by atoms with E-state index in [0.717, 1.165) is 6.07 Å². The number of fused-ring (bicyclic) bond motifs is 1. The van der Waals surface area contributed by atoms with Gasteiger partial charge in [-0.15, -0.1) is 0 Å². The van der Waals surface area contributed by atoms with Crippen LogP contribution in [-0.2, 0) is 7.05 Å². The molecule has 1 aromatic heterocycles. The molecule has 1 heterocycles. The van der Waals surface area contributed by atoms with Gasteiger partial charge >= 0.3 is 0 Å². The van der Waals surface area contributed by atoms with Crippen molar-refractivity contribution in [3.05, 3.63) is 63.2 Å². The average Bonchev–Trinajstić information content (AvgIpc) is 2.58. The molecule has 6 nitrogen and oxygen atoms in total. The number of nitrogens with one attached hydrogen (secondary N) is 1. The van der Waals surface area contributed by atoms with E-state index in [1.807, 2.05) is 0 Å². The van der Waals surface area contributed by atoms with Gasteiger partial charge in [-0.2, -0.15) is 5.10 Å². The van der Waals surface area contributed by atoms with Crippen molar-refractivity contribution in [2.24, 2.45) is 7.05 Å². The van der Waals surface area contributed by atoms with Crippen molar-refractivity contribution in [2.75, 3.05) is 12.4 Å². The summed E-state index contributed by atoms with van der Waals surface area (Å²) >= 11 is 6.01. The fourth-order valence-electron chi connectivity index (χ4n) is 2.43. The second kappa shape index (κ2) is 6.52. The van der Waals surface area contributed by atoms with Crippen LogP contribution in [0.4, 0.5) is 10.1 Å². The van der Waals surface area contributed by atoms with Gasteiger partial charge in [0.05, 0.1) is 23.0 Å². The van der Waals surface area contributed by atoms with E-state index in [4.69, 9.17) is 16.3 Å². The van der Waals surface area contributed by atoms with Crippen LogP contribution in [0.2, 0.25) is 5.02 Å². The number of nitrogens with zero attached hydrogens (tertiary/aromatic N) is 2. The summed E-state index contributed by atoms with van der Waals surface area (Å²) in [6, 6.07) is 8.39. The molecular formula is C17H13ClFN3O3. The minimum atomic E-state index is -0.715. The van der Waals surface area contributed by atoms with Gasteiger partial charge in [-0.05, 0) is 36.4 Å². The largest absolute Gasteiger partial charge is 0.495 e. The summed E-state index contributed by atoms with van der Waals surface area (Å²) in [6.45, 7) is 0. The number of carbonyl (C=O) groups excluding carboxylic acids is 1. The third kappa shape index (κ3) is 3.18. The highest BCUT2D eigenvalue weighted by Crippen LogP contribution is 2.27. The number of amides is 1. The summed E-state index contributed by atoms with van der Waals surface area (Å²) in [5.41, 5.74) is -0.188. The van der Waals surface area contributed by atoms with Crippen molar-refractivity contribution in [1.82, 2.24) is 9.78 Å². The van der Waals surface area contributed by atoms with Gasteiger partial charge in [-0.3, -0.25) is 14.3 Å². The lowest BCUT2D eigenvalue weighted by Crippen LogP contribution is -2.26. The third-order valence-electron chi connectivity index (χ3n) is 3.64. The number of benzene rings is 2. The van der Waals surface area contributed by atoms with Gasteiger partial charge < -0.3 is 10.1 Å². The standard InChI is InChI=1S/C17H13ClFN3O3/c1-22-13-5-3-9(19)7-11(13)16(23)15(21-22)17(24)20-10-4-6-14(25-2)12(18)8-10/h3-8H,1-2H3,(H,20,24). The van der Waals surface area contributed by atoms with Gasteiger partial charge in [-0.25, -0.2) is 4.39 Å². The molecule has 0 bridgehead atoms. The first-order valence-electron chi connectivity index (χ1n) is 7.22. The molecule has 8 heteroatoms. The highest BCUT2D eigenvalue weighted by atomic mass is 35.5. The van der Waals surface area contributed by atoms with E-state index >= 15 is 0 Å². The van der Waals surface area contributed by atoms with Crippen molar-refractivity contribution in [3.8, 4) is 5.75 Å². The molecule has 1 amide bonds. The summed E-state index contributed by atoms with van der Waals surface area (Å²) in [5.74, 6) is -0.827. The number of halogens is 2. The molecule has 1 N–H and O–H groups in total. The molecule has 0 atom stereocenters. The average molecular weight is 362 g/mol. The molecule has 0 saturated heterocycles. The maximum Gasteiger partial charge on any atom is 0.280 e. The van der Waals surface area contributed by atoms with Crippen molar-refractivity contribution in [2.45, 2.75) is 0 Å². The second-order valence-electron chi connectivity index (χ2n) is 5.27. The first-order valence-corrected chi connectivity index (χ1v) is 7.60. The minimum Gasteiger partial charge on any atom is -0.495 e. The molecule has 0 radical (unpaired) electrons. The van der Waals surface area contributed by atoms with Gasteiger partial charge in [0.2, 0.25) is 5.43 Å². The van der Waals surface area contributed by atoms with Crippen molar-refractivity contribution in [1.29, 1.82) is 0 Å². The molecule has 2 aromatic carbocycles. The minimum absolute atomic E-state index is 0.0791. The van der Waals surface area contributed by atoms with E-state index in [1.165, 1.54) is 30.0 Å². The zero-order valence-corrected chi connectivity index (χ0v) is 14.1. The molecule has 0 aliphatic rings. The van der Waals surface area contributed by atoms with Gasteiger partial charge in [0.25, 0.3) is 5.91 Å². The van der Waals surface area contributed by atoms with Crippen LogP contribution in [0.15, 0.2) is 41.2 Å². The summed E-state index contributed by atoms with van der Waals surface area (Å²) in [5, 5.41) is 6.93. The number of aryl methyl sites for hydroxylation is 1. The normalized spacial score (nSPS) is 10.7. The van der Waals surface area contributed by atoms with E-state index in [-0.39, 0.29) is 11.1 Å². The van der Waals surface area contributed by atoms with Crippen molar-refractivity contribution in [3.63, 3.8) is 0 Å². The lowest BCUT2D eigenvalue weighted by molar-refractivity contribution is 0.101. The second-order valence-corrected chi connectivity index (χ2v) is 5.67. The summed E-state index contributed by atoms with van der Waals surface area (Å²) in [7, 11) is 3.04. The Bertz CT molecular complexity index is 1050. The van der Waals surface area contributed by atoms with Gasteiger partial charge in [0, 0.05) is 12.7 Å². The molecule has 0 fully saturated rings. The fourth-order valence-corrected chi connectivity index (χ4v) is 2.69. The van der Waals surface area contributed by atoms with E-state index in [9.17, 15) is 14.0 Å². The summed E-state index contributed by atoms with van der Waals surface area (Å²) in [6.07, 6.45) is 0. The lowest BCUT2D eigenvalue weighted by Gasteiger charge is -2.10. The van der Waals surface area contributed by atoms with Crippen LogP contribution < -0.4 is 15.5 Å². The highest BCUT2D eigenvalue weighted by molar-refractivity contribution is 6.32. The monoisotopic (exact) mass is 361 g/mol. The molecule has 3 aromatic rings. The van der Waals surface area contributed by atoms with Gasteiger partial charge in [0.15, 0.2) is 5.69 Å². The maximum absolute atomic E-state index is 13.4. The number of rotatable bonds is 3. The molecule has 128 valence electrons. The first-order chi connectivity index (χ1) is 11.9. The van der Waals surface area contributed by atoms with Gasteiger partial charge in [-0.1, -0.05) is 11.6 Å². The van der Waals surface area contributed by atoms with E-state index in [0.29, 0.717) is 22.0 Å². The molecule has 25 heavy (non-hydrogen) atoms. The smallest absolute Gasteiger partial charge is 0.280 e. The van der Waals surface area contributed by atoms with Crippen LogP contribution in [0.3, 0.4) is 0 Å². The zero-order chi connectivity index (χ0) is 18.1. The van der Waals surface area contributed by atoms with E-state index in [1.54, 1.807) is 19.2 Å². The Morgan fingerprint density at radius 1 is 1.28 bits per heavy atom. The molecule has 0 saturated carbocycles. The van der Waals surface area contributed by atoms with Crippen molar-refractivity contribution < 1.29 is 13.9 Å². The molecule has 0 unspecified atom stereocenters. The van der Waals surface area contributed by atoms with Crippen LogP contribution in [-0.4, -0.2) is 22.8 Å². The number of anilines is 1. The number of aromatic nitrogens is 2. The summed E-state index contributed by atoms with van der Waals surface area (Å²) in [4.78, 5) is 24.9. The third-order valence-corrected chi connectivity index (χ3v) is 3.94. The number of hydrogen-bond acceptors (Lipinski definition) is 4. The SMILES string of the molecule is COc1ccc(NC(=O)c2nn(C)c3ccc(F)cc3c2=O)cc1Cl. The Hall–Kier alpha value is -2.93. The molecule has 0 spiro atoms. The van der Waals surface area contributed by atoms with Crippen LogP contribution in [0.1, 0.15) is 10.5 Å². The predicted molar refractivity (Wildman–Crippen MR) is 92.9 cm³/mol. The van der Waals surface area contributed by atoms with Crippen LogP contribution in [0.5, 0.6) is 5.75 Å². The fraction of sp³-hybridized carbons (Fsp3) is 0.118.